The number of nitrogens with zero attached hydrogens (tertiary/aromatic N) is 2. The lowest BCUT2D eigenvalue weighted by Gasteiger charge is -2.36. The zero-order valence-electron chi connectivity index (χ0n) is 20.0. The molecule has 1 aromatic heterocycles. The first-order valence-corrected chi connectivity index (χ1v) is 11.1. The van der Waals surface area contributed by atoms with E-state index in [0.29, 0.717) is 24.1 Å². The van der Waals surface area contributed by atoms with E-state index in [0.717, 1.165) is 5.46 Å². The van der Waals surface area contributed by atoms with E-state index in [2.05, 4.69) is 4.98 Å². The molecule has 32 heavy (non-hydrogen) atoms. The van der Waals surface area contributed by atoms with Gasteiger partial charge in [0.15, 0.2) is 5.58 Å². The predicted octanol–water partition coefficient (Wildman–Crippen LogP) is 4.32. The standard InChI is InChI=1S/C23H32BFN2O5/c1-20(2,3)30-19(28)27-12-8-11-23(25,14-27)18-26-16-13-15(9-10-17(16)29-18)24-31-21(4,5)22(6,7)32-24/h9-10,13H,8,11-12,14H2,1-7H3/t23-/m1/s1. The summed E-state index contributed by atoms with van der Waals surface area (Å²) in [6, 6.07) is 5.41. The molecule has 1 aromatic carbocycles. The molecule has 0 radical (unpaired) electrons. The molecule has 4 rings (SSSR count). The molecule has 7 nitrogen and oxygen atoms in total. The fraction of sp³-hybridized carbons (Fsp3) is 0.652. The molecule has 174 valence electrons. The summed E-state index contributed by atoms with van der Waals surface area (Å²) in [6.45, 7) is 13.6. The highest BCUT2D eigenvalue weighted by Gasteiger charge is 2.52. The van der Waals surface area contributed by atoms with Crippen LogP contribution >= 0.6 is 0 Å². The molecule has 2 saturated heterocycles. The summed E-state index contributed by atoms with van der Waals surface area (Å²) in [6.07, 6.45) is 0.190. The van der Waals surface area contributed by atoms with Crippen LogP contribution in [-0.4, -0.2) is 53.0 Å². The molecule has 1 amide bonds. The van der Waals surface area contributed by atoms with Crippen LogP contribution in [0.4, 0.5) is 9.18 Å². The summed E-state index contributed by atoms with van der Waals surface area (Å²) in [7, 11) is -0.541. The number of carbonyl (C=O) groups is 1. The van der Waals surface area contributed by atoms with Crippen LogP contribution in [0.25, 0.3) is 11.1 Å². The van der Waals surface area contributed by atoms with Gasteiger partial charge in [-0.3, -0.25) is 0 Å². The molecule has 0 spiro atoms. The minimum absolute atomic E-state index is 0.0215. The molecule has 0 N–H and O–H groups in total. The van der Waals surface area contributed by atoms with E-state index >= 15 is 4.39 Å². The number of hydrogen-bond donors (Lipinski definition) is 0. The second-order valence-corrected chi connectivity index (χ2v) is 10.8. The van der Waals surface area contributed by atoms with E-state index in [1.807, 2.05) is 39.8 Å². The van der Waals surface area contributed by atoms with E-state index in [1.165, 1.54) is 4.90 Å². The van der Waals surface area contributed by atoms with Crippen LogP contribution in [0.3, 0.4) is 0 Å². The van der Waals surface area contributed by atoms with Crippen molar-refractivity contribution < 1.29 is 27.6 Å². The summed E-state index contributed by atoms with van der Waals surface area (Å²) in [5.41, 5.74) is -1.64. The van der Waals surface area contributed by atoms with Gasteiger partial charge in [-0.15, -0.1) is 0 Å². The van der Waals surface area contributed by atoms with Crippen LogP contribution in [0, 0.1) is 0 Å². The first-order chi connectivity index (χ1) is 14.7. The summed E-state index contributed by atoms with van der Waals surface area (Å²) in [4.78, 5) is 18.3. The maximum atomic E-state index is 15.9. The number of carbonyl (C=O) groups excluding carboxylic acids is 1. The zero-order valence-corrected chi connectivity index (χ0v) is 20.0. The normalized spacial score (nSPS) is 25.4. The molecule has 2 fully saturated rings. The van der Waals surface area contributed by atoms with Crippen LogP contribution in [0.15, 0.2) is 22.6 Å². The third-order valence-corrected chi connectivity index (χ3v) is 6.41. The van der Waals surface area contributed by atoms with Crippen LogP contribution in [0.5, 0.6) is 0 Å². The van der Waals surface area contributed by atoms with Crippen LogP contribution < -0.4 is 5.46 Å². The maximum absolute atomic E-state index is 15.9. The number of hydrogen-bond acceptors (Lipinski definition) is 6. The number of oxazole rings is 1. The van der Waals surface area contributed by atoms with E-state index in [1.54, 1.807) is 26.8 Å². The van der Waals surface area contributed by atoms with Gasteiger partial charge in [0.1, 0.15) is 11.1 Å². The quantitative estimate of drug-likeness (QED) is 0.640. The summed E-state index contributed by atoms with van der Waals surface area (Å²) >= 11 is 0. The van der Waals surface area contributed by atoms with Gasteiger partial charge in [-0.05, 0) is 78.9 Å². The van der Waals surface area contributed by atoms with Crippen LogP contribution in [0.1, 0.15) is 67.2 Å². The van der Waals surface area contributed by atoms with Gasteiger partial charge in [0.05, 0.1) is 17.7 Å². The average Bonchev–Trinajstić information content (AvgIpc) is 3.18. The van der Waals surface area contributed by atoms with Crippen LogP contribution in [0.2, 0.25) is 0 Å². The number of piperidine rings is 1. The largest absolute Gasteiger partial charge is 0.494 e. The second-order valence-electron chi connectivity index (χ2n) is 10.8. The van der Waals surface area contributed by atoms with Gasteiger partial charge in [-0.1, -0.05) is 6.07 Å². The third-order valence-electron chi connectivity index (χ3n) is 6.41. The van der Waals surface area contributed by atoms with E-state index in [-0.39, 0.29) is 18.9 Å². The van der Waals surface area contributed by atoms with Gasteiger partial charge < -0.3 is 23.4 Å². The number of likely N-dealkylation sites (tertiary alicyclic amines) is 1. The number of aromatic nitrogens is 1. The smallest absolute Gasteiger partial charge is 0.444 e. The highest BCUT2D eigenvalue weighted by Crippen LogP contribution is 2.38. The van der Waals surface area contributed by atoms with E-state index in [4.69, 9.17) is 18.5 Å². The average molecular weight is 446 g/mol. The van der Waals surface area contributed by atoms with Crippen molar-refractivity contribution in [3.63, 3.8) is 0 Å². The van der Waals surface area contributed by atoms with Gasteiger partial charge in [-0.25, -0.2) is 14.2 Å². The van der Waals surface area contributed by atoms with Crippen molar-refractivity contribution in [2.45, 2.75) is 83.8 Å². The third kappa shape index (κ3) is 4.24. The maximum Gasteiger partial charge on any atom is 0.494 e. The Hall–Kier alpha value is -2.13. The molecule has 2 aliphatic rings. The molecular formula is C23H32BFN2O5. The molecule has 0 bridgehead atoms. The van der Waals surface area contributed by atoms with Crippen molar-refractivity contribution in [1.29, 1.82) is 0 Å². The molecule has 0 unspecified atom stereocenters. The van der Waals surface area contributed by atoms with Crippen molar-refractivity contribution in [3.05, 3.63) is 24.1 Å². The number of halogens is 1. The second kappa shape index (κ2) is 7.45. The Labute approximate surface area is 188 Å². The number of benzene rings is 1. The highest BCUT2D eigenvalue weighted by atomic mass is 19.1. The molecular weight excluding hydrogens is 414 g/mol. The monoisotopic (exact) mass is 446 g/mol. The van der Waals surface area contributed by atoms with Crippen LogP contribution in [-0.2, 0) is 19.7 Å². The summed E-state index contributed by atoms with van der Waals surface area (Å²) in [5.74, 6) is -0.0215. The Bertz CT molecular complexity index is 1020. The van der Waals surface area contributed by atoms with Gasteiger partial charge in [-0.2, -0.15) is 0 Å². The van der Waals surface area contributed by atoms with Crippen molar-refractivity contribution >= 4 is 29.8 Å². The Kier molecular flexibility index (Phi) is 5.37. The fourth-order valence-electron chi connectivity index (χ4n) is 3.93. The number of fused-ring (bicyclic) bond motifs is 1. The van der Waals surface area contributed by atoms with Gasteiger partial charge in [0.25, 0.3) is 0 Å². The molecule has 9 heteroatoms. The Morgan fingerprint density at radius 3 is 2.47 bits per heavy atom. The molecule has 2 aliphatic heterocycles. The zero-order chi connectivity index (χ0) is 23.5. The summed E-state index contributed by atoms with van der Waals surface area (Å²) in [5, 5.41) is 0. The highest BCUT2D eigenvalue weighted by molar-refractivity contribution is 6.62. The molecule has 2 aromatic rings. The van der Waals surface area contributed by atoms with Crippen molar-refractivity contribution in [3.8, 4) is 0 Å². The molecule has 1 atom stereocenters. The predicted molar refractivity (Wildman–Crippen MR) is 120 cm³/mol. The molecule has 3 heterocycles. The lowest BCUT2D eigenvalue weighted by atomic mass is 9.79. The van der Waals surface area contributed by atoms with Gasteiger partial charge in [0, 0.05) is 6.54 Å². The molecule has 0 saturated carbocycles. The Morgan fingerprint density at radius 1 is 1.19 bits per heavy atom. The number of amides is 1. The van der Waals surface area contributed by atoms with Gasteiger partial charge >= 0.3 is 13.2 Å². The molecule has 0 aliphatic carbocycles. The first-order valence-electron chi connectivity index (χ1n) is 11.1. The van der Waals surface area contributed by atoms with E-state index in [9.17, 15) is 4.79 Å². The minimum Gasteiger partial charge on any atom is -0.444 e. The lowest BCUT2D eigenvalue weighted by molar-refractivity contribution is -0.0140. The number of ether oxygens (including phenoxy) is 1. The van der Waals surface area contributed by atoms with Gasteiger partial charge in [0.2, 0.25) is 11.6 Å². The Balaban J connectivity index is 1.57. The Morgan fingerprint density at radius 2 is 1.84 bits per heavy atom. The topological polar surface area (TPSA) is 74.0 Å². The first kappa shape index (κ1) is 23.0. The lowest BCUT2D eigenvalue weighted by Crippen LogP contribution is -2.48. The van der Waals surface area contributed by atoms with Crippen molar-refractivity contribution in [1.82, 2.24) is 9.88 Å². The number of rotatable bonds is 2. The van der Waals surface area contributed by atoms with E-state index < -0.39 is 35.7 Å². The SMILES string of the molecule is CC(C)(C)OC(=O)N1CCC[C@](F)(c2nc3cc(B4OC(C)(C)C(C)(C)O4)ccc3o2)C1. The number of alkyl halides is 1. The van der Waals surface area contributed by atoms with Crippen molar-refractivity contribution in [2.75, 3.05) is 13.1 Å². The fourth-order valence-corrected chi connectivity index (χ4v) is 3.93. The minimum atomic E-state index is -1.88. The summed E-state index contributed by atoms with van der Waals surface area (Å²) < 4.78 is 39.4. The van der Waals surface area contributed by atoms with Crippen molar-refractivity contribution in [2.24, 2.45) is 0 Å².